The molecule has 43 heavy (non-hydrogen) atoms. The summed E-state index contributed by atoms with van der Waals surface area (Å²) in [4.78, 5) is 12.9. The van der Waals surface area contributed by atoms with E-state index in [1.54, 1.807) is 48.5 Å². The molecule has 0 fully saturated rings. The molecule has 1 amide bonds. The molecule has 0 heterocycles. The molecule has 0 aliphatic heterocycles. The lowest BCUT2D eigenvalue weighted by atomic mass is 10.0. The molecule has 0 aliphatic carbocycles. The van der Waals surface area contributed by atoms with Gasteiger partial charge in [0.1, 0.15) is 36.4 Å². The largest absolute Gasteiger partial charge is 0.489 e. The molecule has 5 nitrogen and oxygen atoms in total. The highest BCUT2D eigenvalue weighted by atomic mass is 79.9. The Kier molecular flexibility index (Phi) is 9.68. The molecule has 0 bridgehead atoms. The van der Waals surface area contributed by atoms with Crippen LogP contribution in [0.15, 0.2) is 107 Å². The first-order valence-electron chi connectivity index (χ1n) is 13.3. The predicted octanol–water partition coefficient (Wildman–Crippen LogP) is 9.92. The van der Waals surface area contributed by atoms with Gasteiger partial charge in [-0.25, -0.2) is 0 Å². The Balaban J connectivity index is 1.21. The van der Waals surface area contributed by atoms with Crippen molar-refractivity contribution in [3.05, 3.63) is 139 Å². The Morgan fingerprint density at radius 3 is 2.47 bits per heavy atom. The second-order valence-corrected chi connectivity index (χ2v) is 11.4. The van der Waals surface area contributed by atoms with Gasteiger partial charge in [0.2, 0.25) is 0 Å². The van der Waals surface area contributed by atoms with Gasteiger partial charge in [0, 0.05) is 26.9 Å². The van der Waals surface area contributed by atoms with Crippen molar-refractivity contribution in [2.24, 2.45) is 0 Å². The topological polar surface area (TPSA) is 71.3 Å². The summed E-state index contributed by atoms with van der Waals surface area (Å²) in [6.07, 6.45) is 1.53. The summed E-state index contributed by atoms with van der Waals surface area (Å²) in [5, 5.41) is 15.9. The smallest absolute Gasteiger partial charge is 0.266 e. The van der Waals surface area contributed by atoms with E-state index in [9.17, 15) is 10.1 Å². The van der Waals surface area contributed by atoms with Crippen LogP contribution in [0.3, 0.4) is 0 Å². The van der Waals surface area contributed by atoms with E-state index in [1.165, 1.54) is 6.08 Å². The molecule has 5 rings (SSSR count). The van der Waals surface area contributed by atoms with E-state index in [4.69, 9.17) is 32.7 Å². The number of carbonyl (C=O) groups excluding carboxylic acids is 1. The number of carbonyl (C=O) groups is 1. The predicted molar refractivity (Wildman–Crippen MR) is 177 cm³/mol. The minimum absolute atomic E-state index is 0.0374. The number of hydrogen-bond donors (Lipinski definition) is 1. The minimum atomic E-state index is -0.521. The van der Waals surface area contributed by atoms with Crippen molar-refractivity contribution in [1.82, 2.24) is 0 Å². The highest BCUT2D eigenvalue weighted by Gasteiger charge is 2.12. The van der Waals surface area contributed by atoms with Crippen LogP contribution in [0.1, 0.15) is 22.3 Å². The first-order valence-corrected chi connectivity index (χ1v) is 14.8. The van der Waals surface area contributed by atoms with Gasteiger partial charge in [-0.15, -0.1) is 0 Å². The van der Waals surface area contributed by atoms with Gasteiger partial charge in [0.25, 0.3) is 5.91 Å². The third-order valence-corrected chi connectivity index (χ3v) is 8.01. The molecule has 0 saturated heterocycles. The molecule has 0 atom stereocenters. The first-order chi connectivity index (χ1) is 20.8. The van der Waals surface area contributed by atoms with E-state index in [2.05, 4.69) is 52.4 Å². The molecule has 5 aromatic rings. The van der Waals surface area contributed by atoms with Crippen molar-refractivity contribution in [1.29, 1.82) is 5.26 Å². The van der Waals surface area contributed by atoms with Gasteiger partial charge < -0.3 is 14.8 Å². The van der Waals surface area contributed by atoms with Crippen molar-refractivity contribution in [2.75, 3.05) is 5.32 Å². The van der Waals surface area contributed by atoms with Crippen LogP contribution in [0.5, 0.6) is 11.5 Å². The van der Waals surface area contributed by atoms with E-state index in [-0.39, 0.29) is 12.2 Å². The second kappa shape index (κ2) is 13.8. The lowest BCUT2D eigenvalue weighted by molar-refractivity contribution is -0.112. The normalized spacial score (nSPS) is 11.2. The van der Waals surface area contributed by atoms with Crippen LogP contribution in [0.25, 0.3) is 16.8 Å². The number of nitriles is 1. The maximum Gasteiger partial charge on any atom is 0.266 e. The van der Waals surface area contributed by atoms with Crippen molar-refractivity contribution in [2.45, 2.75) is 20.1 Å². The molecule has 1 N–H and O–H groups in total. The fraction of sp³-hybridized carbons (Fsp3) is 0.0857. The number of anilines is 1. The van der Waals surface area contributed by atoms with Gasteiger partial charge in [0.05, 0.1) is 4.47 Å². The van der Waals surface area contributed by atoms with E-state index >= 15 is 0 Å². The molecular weight excluding hydrogens is 647 g/mol. The van der Waals surface area contributed by atoms with Gasteiger partial charge in [-0.05, 0) is 99.4 Å². The summed E-state index contributed by atoms with van der Waals surface area (Å²) in [5.74, 6) is 0.739. The molecule has 0 aromatic heterocycles. The molecule has 214 valence electrons. The van der Waals surface area contributed by atoms with E-state index in [0.29, 0.717) is 43.9 Å². The Bertz CT molecular complexity index is 1880. The zero-order chi connectivity index (χ0) is 30.3. The van der Waals surface area contributed by atoms with Crippen molar-refractivity contribution in [3.8, 4) is 17.6 Å². The number of aryl methyl sites for hydroxylation is 1. The molecule has 0 radical (unpaired) electrons. The average Bonchev–Trinajstić information content (AvgIpc) is 3.00. The molecule has 0 aliphatic rings. The number of amides is 1. The van der Waals surface area contributed by atoms with Gasteiger partial charge in [0.15, 0.2) is 0 Å². The maximum atomic E-state index is 12.9. The van der Waals surface area contributed by atoms with Crippen LogP contribution >= 0.6 is 39.1 Å². The van der Waals surface area contributed by atoms with Crippen molar-refractivity contribution in [3.63, 3.8) is 0 Å². The molecule has 0 unspecified atom stereocenters. The highest BCUT2D eigenvalue weighted by molar-refractivity contribution is 9.10. The average molecular weight is 672 g/mol. The SMILES string of the molecule is Cc1ccc2ccccc2c1COc1ccc(/C=C(\C#N)C(=O)Nc2ccc(OCc3ccc(Cl)cc3Cl)cc2)cc1Br. The number of ether oxygens (including phenoxy) is 2. The van der Waals surface area contributed by atoms with Crippen molar-refractivity contribution >= 4 is 67.6 Å². The van der Waals surface area contributed by atoms with Crippen LogP contribution in [0.2, 0.25) is 10.0 Å². The summed E-state index contributed by atoms with van der Waals surface area (Å²) in [5.41, 5.74) is 4.25. The third-order valence-electron chi connectivity index (χ3n) is 6.80. The molecule has 0 saturated carbocycles. The number of halogens is 3. The van der Waals surface area contributed by atoms with Crippen LogP contribution in [0, 0.1) is 18.3 Å². The summed E-state index contributed by atoms with van der Waals surface area (Å²) < 4.78 is 12.7. The van der Waals surface area contributed by atoms with Crippen LogP contribution in [-0.2, 0) is 18.0 Å². The molecule has 8 heteroatoms. The Morgan fingerprint density at radius 2 is 1.72 bits per heavy atom. The number of nitrogens with one attached hydrogen (secondary N) is 1. The van der Waals surface area contributed by atoms with Crippen LogP contribution in [0.4, 0.5) is 5.69 Å². The number of nitrogens with zero attached hydrogens (tertiary/aromatic N) is 1. The Morgan fingerprint density at radius 1 is 0.930 bits per heavy atom. The highest BCUT2D eigenvalue weighted by Crippen LogP contribution is 2.30. The molecule has 0 spiro atoms. The summed E-state index contributed by atoms with van der Waals surface area (Å²) in [6, 6.07) is 31.9. The summed E-state index contributed by atoms with van der Waals surface area (Å²) in [6.45, 7) is 2.75. The zero-order valence-corrected chi connectivity index (χ0v) is 26.1. The number of rotatable bonds is 9. The number of hydrogen-bond acceptors (Lipinski definition) is 4. The van der Waals surface area contributed by atoms with Gasteiger partial charge in [-0.2, -0.15) is 5.26 Å². The minimum Gasteiger partial charge on any atom is -0.489 e. The fourth-order valence-electron chi connectivity index (χ4n) is 4.46. The number of benzene rings is 5. The van der Waals surface area contributed by atoms with Crippen molar-refractivity contribution < 1.29 is 14.3 Å². The molecular formula is C35H25BrCl2N2O3. The van der Waals surface area contributed by atoms with E-state index in [0.717, 1.165) is 27.5 Å². The number of fused-ring (bicyclic) bond motifs is 1. The lowest BCUT2D eigenvalue weighted by Crippen LogP contribution is -2.13. The lowest BCUT2D eigenvalue weighted by Gasteiger charge is -2.13. The van der Waals surface area contributed by atoms with E-state index < -0.39 is 5.91 Å². The standard InChI is InChI=1S/C35H25BrCl2N2O3/c1-22-6-8-24-4-2-3-5-30(24)31(22)21-43-34-15-7-23(17-32(34)36)16-26(19-39)35(41)40-28-11-13-29(14-12-28)42-20-25-9-10-27(37)18-33(25)38/h2-18H,20-21H2,1H3,(H,40,41)/b26-16+. The maximum absolute atomic E-state index is 12.9. The van der Waals surface area contributed by atoms with Crippen LogP contribution < -0.4 is 14.8 Å². The quantitative estimate of drug-likeness (QED) is 0.125. The van der Waals surface area contributed by atoms with Gasteiger partial charge >= 0.3 is 0 Å². The Labute approximate surface area is 268 Å². The third kappa shape index (κ3) is 7.57. The van der Waals surface area contributed by atoms with E-state index in [1.807, 2.05) is 30.3 Å². The second-order valence-electron chi connectivity index (χ2n) is 9.73. The zero-order valence-electron chi connectivity index (χ0n) is 23.0. The van der Waals surface area contributed by atoms with Crippen LogP contribution in [-0.4, -0.2) is 5.91 Å². The van der Waals surface area contributed by atoms with Gasteiger partial charge in [-0.1, -0.05) is 71.7 Å². The monoisotopic (exact) mass is 670 g/mol. The summed E-state index contributed by atoms with van der Waals surface area (Å²) >= 11 is 15.7. The first kappa shape index (κ1) is 30.2. The van der Waals surface area contributed by atoms with Gasteiger partial charge in [-0.3, -0.25) is 4.79 Å². The fourth-order valence-corrected chi connectivity index (χ4v) is 5.43. The summed E-state index contributed by atoms with van der Waals surface area (Å²) in [7, 11) is 0. The Hall–Kier alpha value is -4.28. The molecule has 5 aromatic carbocycles.